The van der Waals surface area contributed by atoms with Gasteiger partial charge >= 0.3 is 0 Å². The highest BCUT2D eigenvalue weighted by Crippen LogP contribution is 2.17. The van der Waals surface area contributed by atoms with Crippen LogP contribution in [0.15, 0.2) is 5.38 Å². The van der Waals surface area contributed by atoms with Crippen LogP contribution in [0.2, 0.25) is 0 Å². The fraction of sp³-hybridized carbons (Fsp3) is 0.800. The van der Waals surface area contributed by atoms with Crippen molar-refractivity contribution in [3.63, 3.8) is 0 Å². The third kappa shape index (κ3) is 5.21. The van der Waals surface area contributed by atoms with Gasteiger partial charge in [0.05, 0.1) is 10.7 Å². The monoisotopic (exact) mass is 281 g/mol. The van der Waals surface area contributed by atoms with Crippen LogP contribution in [0.1, 0.15) is 44.3 Å². The SMILES string of the molecule is CC1CCCN(CCc2nc(CNC(C)C)cs2)C1. The minimum absolute atomic E-state index is 0.528. The van der Waals surface area contributed by atoms with Crippen molar-refractivity contribution in [1.29, 1.82) is 0 Å². The zero-order chi connectivity index (χ0) is 13.7. The van der Waals surface area contributed by atoms with Crippen LogP contribution < -0.4 is 5.32 Å². The van der Waals surface area contributed by atoms with Crippen LogP contribution in [-0.4, -0.2) is 35.6 Å². The number of nitrogens with zero attached hydrogens (tertiary/aromatic N) is 2. The maximum atomic E-state index is 4.71. The van der Waals surface area contributed by atoms with Gasteiger partial charge in [0.25, 0.3) is 0 Å². The Morgan fingerprint density at radius 2 is 2.37 bits per heavy atom. The predicted octanol–water partition coefficient (Wildman–Crippen LogP) is 2.92. The second kappa shape index (κ2) is 7.36. The number of rotatable bonds is 6. The molecule has 1 aliphatic heterocycles. The molecular formula is C15H27N3S. The van der Waals surface area contributed by atoms with Crippen molar-refractivity contribution >= 4 is 11.3 Å². The Labute approximate surface area is 121 Å². The lowest BCUT2D eigenvalue weighted by Gasteiger charge is -2.30. The van der Waals surface area contributed by atoms with Gasteiger partial charge in [0, 0.05) is 37.5 Å². The first-order valence-electron chi connectivity index (χ1n) is 7.52. The fourth-order valence-corrected chi connectivity index (χ4v) is 3.38. The number of likely N-dealkylation sites (tertiary alicyclic amines) is 1. The van der Waals surface area contributed by atoms with Crippen LogP contribution in [0.5, 0.6) is 0 Å². The minimum atomic E-state index is 0.528. The maximum absolute atomic E-state index is 4.71. The van der Waals surface area contributed by atoms with Gasteiger partial charge in [0.1, 0.15) is 0 Å². The molecular weight excluding hydrogens is 254 g/mol. The van der Waals surface area contributed by atoms with Gasteiger partial charge in [-0.3, -0.25) is 0 Å². The molecule has 1 fully saturated rings. The lowest BCUT2D eigenvalue weighted by atomic mass is 10.0. The van der Waals surface area contributed by atoms with E-state index in [0.717, 1.165) is 18.9 Å². The highest BCUT2D eigenvalue weighted by Gasteiger charge is 2.16. The Balaban J connectivity index is 1.73. The van der Waals surface area contributed by atoms with E-state index in [-0.39, 0.29) is 0 Å². The Kier molecular flexibility index (Phi) is 5.79. The van der Waals surface area contributed by atoms with E-state index in [1.807, 2.05) is 11.3 Å². The molecule has 1 aromatic heterocycles. The van der Waals surface area contributed by atoms with Gasteiger partial charge in [-0.2, -0.15) is 0 Å². The molecule has 0 radical (unpaired) electrons. The standard InChI is InChI=1S/C15H27N3S/c1-12(2)16-9-14-11-19-15(17-14)6-8-18-7-4-5-13(3)10-18/h11-13,16H,4-10H2,1-3H3. The molecule has 0 aliphatic carbocycles. The fourth-order valence-electron chi connectivity index (χ4n) is 2.60. The Bertz CT molecular complexity index is 375. The van der Waals surface area contributed by atoms with E-state index in [4.69, 9.17) is 4.98 Å². The number of hydrogen-bond acceptors (Lipinski definition) is 4. The summed E-state index contributed by atoms with van der Waals surface area (Å²) in [7, 11) is 0. The largest absolute Gasteiger partial charge is 0.309 e. The van der Waals surface area contributed by atoms with Crippen LogP contribution in [-0.2, 0) is 13.0 Å². The normalized spacial score (nSPS) is 21.2. The summed E-state index contributed by atoms with van der Waals surface area (Å²) in [4.78, 5) is 7.31. The van der Waals surface area contributed by atoms with E-state index >= 15 is 0 Å². The summed E-state index contributed by atoms with van der Waals surface area (Å²) in [6, 6.07) is 0.528. The molecule has 1 aromatic rings. The van der Waals surface area contributed by atoms with E-state index in [1.165, 1.54) is 43.2 Å². The van der Waals surface area contributed by atoms with Crippen LogP contribution in [0, 0.1) is 5.92 Å². The molecule has 1 aliphatic rings. The summed E-state index contributed by atoms with van der Waals surface area (Å²) in [6.45, 7) is 11.3. The average Bonchev–Trinajstić information content (AvgIpc) is 2.82. The van der Waals surface area contributed by atoms with Crippen molar-refractivity contribution in [2.24, 2.45) is 5.92 Å². The molecule has 2 heterocycles. The molecule has 2 rings (SSSR count). The van der Waals surface area contributed by atoms with Crippen LogP contribution in [0.25, 0.3) is 0 Å². The summed E-state index contributed by atoms with van der Waals surface area (Å²) in [6.07, 6.45) is 3.88. The molecule has 19 heavy (non-hydrogen) atoms. The molecule has 4 heteroatoms. The van der Waals surface area contributed by atoms with E-state index in [2.05, 4.69) is 36.4 Å². The first-order chi connectivity index (χ1) is 9.13. The van der Waals surface area contributed by atoms with Gasteiger partial charge < -0.3 is 10.2 Å². The van der Waals surface area contributed by atoms with Crippen molar-refractivity contribution in [2.75, 3.05) is 19.6 Å². The third-order valence-electron chi connectivity index (χ3n) is 3.67. The highest BCUT2D eigenvalue weighted by atomic mass is 32.1. The molecule has 108 valence electrons. The molecule has 0 bridgehead atoms. The van der Waals surface area contributed by atoms with Gasteiger partial charge in [-0.05, 0) is 25.3 Å². The van der Waals surface area contributed by atoms with Gasteiger partial charge in [-0.15, -0.1) is 11.3 Å². The van der Waals surface area contributed by atoms with Crippen LogP contribution >= 0.6 is 11.3 Å². The number of piperidine rings is 1. The summed E-state index contributed by atoms with van der Waals surface area (Å²) < 4.78 is 0. The topological polar surface area (TPSA) is 28.2 Å². The van der Waals surface area contributed by atoms with Gasteiger partial charge in [-0.25, -0.2) is 4.98 Å². The summed E-state index contributed by atoms with van der Waals surface area (Å²) in [5, 5.41) is 6.91. The minimum Gasteiger partial charge on any atom is -0.309 e. The number of hydrogen-bond donors (Lipinski definition) is 1. The lowest BCUT2D eigenvalue weighted by molar-refractivity contribution is 0.186. The second-order valence-electron chi connectivity index (χ2n) is 6.07. The van der Waals surface area contributed by atoms with E-state index in [0.29, 0.717) is 6.04 Å². The smallest absolute Gasteiger partial charge is 0.0941 e. The Morgan fingerprint density at radius 1 is 1.53 bits per heavy atom. The van der Waals surface area contributed by atoms with Crippen molar-refractivity contribution < 1.29 is 0 Å². The third-order valence-corrected chi connectivity index (χ3v) is 4.63. The second-order valence-corrected chi connectivity index (χ2v) is 7.01. The Hall–Kier alpha value is -0.450. The van der Waals surface area contributed by atoms with Crippen molar-refractivity contribution in [3.05, 3.63) is 16.1 Å². The van der Waals surface area contributed by atoms with Crippen molar-refractivity contribution in [2.45, 2.75) is 52.6 Å². The van der Waals surface area contributed by atoms with E-state index in [1.54, 1.807) is 0 Å². The van der Waals surface area contributed by atoms with Crippen LogP contribution in [0.4, 0.5) is 0 Å². The predicted molar refractivity (Wildman–Crippen MR) is 82.6 cm³/mol. The van der Waals surface area contributed by atoms with Gasteiger partial charge in [0.2, 0.25) is 0 Å². The van der Waals surface area contributed by atoms with Crippen molar-refractivity contribution in [1.82, 2.24) is 15.2 Å². The summed E-state index contributed by atoms with van der Waals surface area (Å²) >= 11 is 1.81. The first kappa shape index (κ1) is 14.9. The summed E-state index contributed by atoms with van der Waals surface area (Å²) in [5.41, 5.74) is 1.20. The van der Waals surface area contributed by atoms with Crippen LogP contribution in [0.3, 0.4) is 0 Å². The number of nitrogens with one attached hydrogen (secondary N) is 1. The molecule has 1 saturated heterocycles. The molecule has 0 aromatic carbocycles. The highest BCUT2D eigenvalue weighted by molar-refractivity contribution is 7.09. The quantitative estimate of drug-likeness (QED) is 0.869. The zero-order valence-electron chi connectivity index (χ0n) is 12.5. The molecule has 0 amide bonds. The Morgan fingerprint density at radius 3 is 3.11 bits per heavy atom. The molecule has 3 nitrogen and oxygen atoms in total. The zero-order valence-corrected chi connectivity index (χ0v) is 13.3. The molecule has 1 atom stereocenters. The van der Waals surface area contributed by atoms with E-state index in [9.17, 15) is 0 Å². The number of thiazole rings is 1. The summed E-state index contributed by atoms with van der Waals surface area (Å²) in [5.74, 6) is 0.871. The van der Waals surface area contributed by atoms with Crippen molar-refractivity contribution in [3.8, 4) is 0 Å². The van der Waals surface area contributed by atoms with Gasteiger partial charge in [0.15, 0.2) is 0 Å². The molecule has 1 unspecified atom stereocenters. The maximum Gasteiger partial charge on any atom is 0.0941 e. The lowest BCUT2D eigenvalue weighted by Crippen LogP contribution is -2.35. The molecule has 0 saturated carbocycles. The molecule has 0 spiro atoms. The molecule has 1 N–H and O–H groups in total. The van der Waals surface area contributed by atoms with E-state index < -0.39 is 0 Å². The first-order valence-corrected chi connectivity index (χ1v) is 8.40. The van der Waals surface area contributed by atoms with Gasteiger partial charge in [-0.1, -0.05) is 20.8 Å². The number of aromatic nitrogens is 1. The average molecular weight is 281 g/mol.